The summed E-state index contributed by atoms with van der Waals surface area (Å²) in [6, 6.07) is 11.8. The molecule has 0 saturated carbocycles. The lowest BCUT2D eigenvalue weighted by atomic mass is 10.1. The molecule has 0 fully saturated rings. The molecule has 12 heteroatoms. The predicted molar refractivity (Wildman–Crippen MR) is 140 cm³/mol. The molecular weight excluding hydrogens is 543 g/mol. The minimum absolute atomic E-state index is 0.138. The smallest absolute Gasteiger partial charge is 0.416 e. The second kappa shape index (κ2) is 12.0. The molecular formula is C26H27ClF3N3O4S. The number of aromatic nitrogens is 1. The SMILES string of the molecule is CCN(CC)c1ccc(NC(=O)OC(CS(=O)(=O)c2ccc(Cl)cn2)c2cccc(C(F)(F)F)c2)c(C)c1. The van der Waals surface area contributed by atoms with E-state index in [9.17, 15) is 26.4 Å². The number of carbonyl (C=O) groups excluding carboxylic acids is 1. The van der Waals surface area contributed by atoms with E-state index in [-0.39, 0.29) is 15.6 Å². The third-order valence-electron chi connectivity index (χ3n) is 5.80. The summed E-state index contributed by atoms with van der Waals surface area (Å²) in [6.07, 6.45) is -6.13. The number of alkyl halides is 3. The molecule has 1 aromatic heterocycles. The molecule has 0 bridgehead atoms. The number of anilines is 2. The fourth-order valence-electron chi connectivity index (χ4n) is 3.79. The van der Waals surface area contributed by atoms with Crippen LogP contribution in [0.2, 0.25) is 5.02 Å². The minimum atomic E-state index is -4.68. The number of halogens is 4. The van der Waals surface area contributed by atoms with Crippen LogP contribution in [-0.2, 0) is 20.8 Å². The number of sulfone groups is 1. The van der Waals surface area contributed by atoms with Gasteiger partial charge in [0.1, 0.15) is 6.10 Å². The molecule has 0 aliphatic rings. The molecule has 7 nitrogen and oxygen atoms in total. The summed E-state index contributed by atoms with van der Waals surface area (Å²) in [6.45, 7) is 7.40. The maximum absolute atomic E-state index is 13.3. The number of aryl methyl sites for hydroxylation is 1. The largest absolute Gasteiger partial charge is 0.440 e. The molecule has 38 heavy (non-hydrogen) atoms. The first kappa shape index (κ1) is 29.2. The van der Waals surface area contributed by atoms with E-state index in [1.54, 1.807) is 13.0 Å². The van der Waals surface area contributed by atoms with Crippen LogP contribution in [0.3, 0.4) is 0 Å². The van der Waals surface area contributed by atoms with Crippen LogP contribution in [0.5, 0.6) is 0 Å². The van der Waals surface area contributed by atoms with Gasteiger partial charge in [-0.1, -0.05) is 23.7 Å². The number of hydrogen-bond acceptors (Lipinski definition) is 6. The van der Waals surface area contributed by atoms with Crippen molar-refractivity contribution in [2.24, 2.45) is 0 Å². The van der Waals surface area contributed by atoms with E-state index in [4.69, 9.17) is 16.3 Å². The van der Waals surface area contributed by atoms with Crippen molar-refractivity contribution in [2.45, 2.75) is 38.1 Å². The van der Waals surface area contributed by atoms with E-state index >= 15 is 0 Å². The fraction of sp³-hybridized carbons (Fsp3) is 0.308. The van der Waals surface area contributed by atoms with Gasteiger partial charge in [-0.05, 0) is 74.4 Å². The first-order valence-corrected chi connectivity index (χ1v) is 13.7. The molecule has 1 unspecified atom stereocenters. The Hall–Kier alpha value is -3.31. The normalized spacial score (nSPS) is 12.6. The van der Waals surface area contributed by atoms with E-state index in [1.807, 2.05) is 26.0 Å². The standard InChI is InChI=1S/C26H27ClF3N3O4S/c1-4-33(5-2)21-10-11-22(17(3)13-21)32-25(34)37-23(18-7-6-8-19(14-18)26(28,29)30)16-38(35,36)24-12-9-20(27)15-31-24/h6-15,23H,4-5,16H2,1-3H3,(H,32,34). The highest BCUT2D eigenvalue weighted by Crippen LogP contribution is 2.33. The molecule has 0 aliphatic heterocycles. The lowest BCUT2D eigenvalue weighted by molar-refractivity contribution is -0.137. The zero-order chi connectivity index (χ0) is 28.1. The van der Waals surface area contributed by atoms with Crippen LogP contribution < -0.4 is 10.2 Å². The average Bonchev–Trinajstić information content (AvgIpc) is 2.85. The number of nitrogens with one attached hydrogen (secondary N) is 1. The Morgan fingerprint density at radius 2 is 1.82 bits per heavy atom. The van der Waals surface area contributed by atoms with E-state index in [0.29, 0.717) is 5.69 Å². The lowest BCUT2D eigenvalue weighted by Gasteiger charge is -2.23. The quantitative estimate of drug-likeness (QED) is 0.309. The van der Waals surface area contributed by atoms with Gasteiger partial charge < -0.3 is 9.64 Å². The maximum Gasteiger partial charge on any atom is 0.416 e. The van der Waals surface area contributed by atoms with Crippen molar-refractivity contribution in [3.63, 3.8) is 0 Å². The van der Waals surface area contributed by atoms with Crippen LogP contribution in [0.1, 0.15) is 36.6 Å². The zero-order valence-electron chi connectivity index (χ0n) is 20.9. The van der Waals surface area contributed by atoms with Gasteiger partial charge in [0.15, 0.2) is 14.9 Å². The van der Waals surface area contributed by atoms with E-state index in [0.717, 1.165) is 48.7 Å². The van der Waals surface area contributed by atoms with Crippen molar-refractivity contribution in [1.82, 2.24) is 4.98 Å². The van der Waals surface area contributed by atoms with Gasteiger partial charge in [-0.25, -0.2) is 18.2 Å². The number of benzene rings is 2. The van der Waals surface area contributed by atoms with Crippen molar-refractivity contribution in [2.75, 3.05) is 29.1 Å². The number of carbonyl (C=O) groups is 1. The van der Waals surface area contributed by atoms with Gasteiger partial charge in [0.2, 0.25) is 0 Å². The molecule has 2 aromatic carbocycles. The molecule has 0 aliphatic carbocycles. The second-order valence-electron chi connectivity index (χ2n) is 8.41. The Kier molecular flexibility index (Phi) is 9.26. The van der Waals surface area contributed by atoms with Gasteiger partial charge in [-0.3, -0.25) is 5.32 Å². The summed E-state index contributed by atoms with van der Waals surface area (Å²) in [5.41, 5.74) is 0.945. The Morgan fingerprint density at radius 1 is 1.11 bits per heavy atom. The Morgan fingerprint density at radius 3 is 2.39 bits per heavy atom. The molecule has 0 saturated heterocycles. The van der Waals surface area contributed by atoms with Crippen LogP contribution in [0, 0.1) is 6.92 Å². The van der Waals surface area contributed by atoms with Crippen LogP contribution in [-0.4, -0.2) is 38.3 Å². The number of ether oxygens (including phenoxy) is 1. The van der Waals surface area contributed by atoms with Crippen LogP contribution in [0.4, 0.5) is 29.3 Å². The summed E-state index contributed by atoms with van der Waals surface area (Å²) in [7, 11) is -4.18. The van der Waals surface area contributed by atoms with Crippen molar-refractivity contribution in [3.05, 3.63) is 82.5 Å². The zero-order valence-corrected chi connectivity index (χ0v) is 22.5. The third kappa shape index (κ3) is 7.38. The van der Waals surface area contributed by atoms with Crippen LogP contribution >= 0.6 is 11.6 Å². The van der Waals surface area contributed by atoms with Crippen LogP contribution in [0.15, 0.2) is 65.8 Å². The molecule has 3 aromatic rings. The number of pyridine rings is 1. The average molecular weight is 570 g/mol. The molecule has 204 valence electrons. The number of rotatable bonds is 9. The van der Waals surface area contributed by atoms with Gasteiger partial charge >= 0.3 is 12.3 Å². The van der Waals surface area contributed by atoms with E-state index in [2.05, 4.69) is 15.2 Å². The van der Waals surface area contributed by atoms with Gasteiger partial charge in [-0.2, -0.15) is 13.2 Å². The van der Waals surface area contributed by atoms with Crippen molar-refractivity contribution in [1.29, 1.82) is 0 Å². The third-order valence-corrected chi connectivity index (χ3v) is 7.64. The summed E-state index contributed by atoms with van der Waals surface area (Å²) < 4.78 is 71.5. The first-order chi connectivity index (χ1) is 17.8. The van der Waals surface area contributed by atoms with E-state index in [1.165, 1.54) is 18.2 Å². The van der Waals surface area contributed by atoms with Crippen molar-refractivity contribution in [3.8, 4) is 0 Å². The molecule has 0 spiro atoms. The fourth-order valence-corrected chi connectivity index (χ4v) is 5.22. The molecule has 1 amide bonds. The van der Waals surface area contributed by atoms with Crippen molar-refractivity contribution < 1.29 is 31.1 Å². The Bertz CT molecular complexity index is 1380. The number of hydrogen-bond donors (Lipinski definition) is 1. The van der Waals surface area contributed by atoms with E-state index < -0.39 is 39.5 Å². The Labute approximate surface area is 224 Å². The molecule has 1 N–H and O–H groups in total. The van der Waals surface area contributed by atoms with Gasteiger partial charge in [0.05, 0.1) is 16.3 Å². The molecule has 3 rings (SSSR count). The van der Waals surface area contributed by atoms with Crippen molar-refractivity contribution >= 4 is 38.9 Å². The van der Waals surface area contributed by atoms with Gasteiger partial charge in [0, 0.05) is 30.7 Å². The predicted octanol–water partition coefficient (Wildman–Crippen LogP) is 6.67. The Balaban J connectivity index is 1.90. The summed E-state index contributed by atoms with van der Waals surface area (Å²) in [5.74, 6) is -0.837. The lowest BCUT2D eigenvalue weighted by Crippen LogP contribution is -2.25. The molecule has 0 radical (unpaired) electrons. The summed E-state index contributed by atoms with van der Waals surface area (Å²) in [4.78, 5) is 18.7. The first-order valence-electron chi connectivity index (χ1n) is 11.7. The number of amides is 1. The van der Waals surface area contributed by atoms with Gasteiger partial charge in [-0.15, -0.1) is 0 Å². The topological polar surface area (TPSA) is 88.6 Å². The monoisotopic (exact) mass is 569 g/mol. The highest BCUT2D eigenvalue weighted by molar-refractivity contribution is 7.91. The minimum Gasteiger partial charge on any atom is -0.440 e. The summed E-state index contributed by atoms with van der Waals surface area (Å²) in [5, 5.41) is 2.41. The molecule has 1 atom stereocenters. The molecule has 1 heterocycles. The highest BCUT2D eigenvalue weighted by atomic mass is 35.5. The van der Waals surface area contributed by atoms with Gasteiger partial charge in [0.25, 0.3) is 0 Å². The number of nitrogens with zero attached hydrogens (tertiary/aromatic N) is 2. The van der Waals surface area contributed by atoms with Crippen LogP contribution in [0.25, 0.3) is 0 Å². The highest BCUT2D eigenvalue weighted by Gasteiger charge is 2.33. The maximum atomic E-state index is 13.3. The second-order valence-corrected chi connectivity index (χ2v) is 10.8. The summed E-state index contributed by atoms with van der Waals surface area (Å²) >= 11 is 5.78.